The minimum absolute atomic E-state index is 0.202. The van der Waals surface area contributed by atoms with E-state index >= 15 is 0 Å². The summed E-state index contributed by atoms with van der Waals surface area (Å²) in [6.45, 7) is 10.1. The molecule has 0 aromatic heterocycles. The predicted octanol–water partition coefficient (Wildman–Crippen LogP) is 2.21. The molecule has 0 radical (unpaired) electrons. The normalized spacial score (nSPS) is 21.2. The van der Waals surface area contributed by atoms with Gasteiger partial charge in [0.1, 0.15) is 0 Å². The van der Waals surface area contributed by atoms with E-state index in [1.807, 2.05) is 24.8 Å². The van der Waals surface area contributed by atoms with Crippen molar-refractivity contribution in [1.29, 1.82) is 0 Å². The van der Waals surface area contributed by atoms with Gasteiger partial charge in [-0.1, -0.05) is 19.9 Å². The van der Waals surface area contributed by atoms with Crippen LogP contribution in [0.15, 0.2) is 11.6 Å². The van der Waals surface area contributed by atoms with Crippen LogP contribution >= 0.6 is 0 Å². The Kier molecular flexibility index (Phi) is 2.79. The van der Waals surface area contributed by atoms with Crippen LogP contribution in [-0.2, 0) is 4.79 Å². The minimum atomic E-state index is 0.202. The van der Waals surface area contributed by atoms with E-state index in [2.05, 4.69) is 13.8 Å². The lowest BCUT2D eigenvalue weighted by Crippen LogP contribution is -2.56. The van der Waals surface area contributed by atoms with Crippen molar-refractivity contribution in [2.75, 3.05) is 13.1 Å². The molecule has 0 spiro atoms. The van der Waals surface area contributed by atoms with Crippen molar-refractivity contribution < 1.29 is 4.79 Å². The van der Waals surface area contributed by atoms with E-state index in [4.69, 9.17) is 0 Å². The van der Waals surface area contributed by atoms with Gasteiger partial charge in [-0.15, -0.1) is 0 Å². The zero-order valence-corrected chi connectivity index (χ0v) is 9.05. The van der Waals surface area contributed by atoms with E-state index in [9.17, 15) is 4.79 Å². The first-order valence-corrected chi connectivity index (χ1v) is 4.94. The minimum Gasteiger partial charge on any atom is -0.338 e. The standard InChI is InChI=1S/C11H19NO/c1-5-9(3)10(13)12-7-11(4,6-2)8-12/h5H,6-8H2,1-4H3/b9-5+. The van der Waals surface area contributed by atoms with Crippen LogP contribution in [0.2, 0.25) is 0 Å². The van der Waals surface area contributed by atoms with Gasteiger partial charge in [-0.05, 0) is 20.3 Å². The van der Waals surface area contributed by atoms with Crippen molar-refractivity contribution in [1.82, 2.24) is 4.90 Å². The number of rotatable bonds is 2. The van der Waals surface area contributed by atoms with Gasteiger partial charge in [0, 0.05) is 24.1 Å². The van der Waals surface area contributed by atoms with Gasteiger partial charge in [0.2, 0.25) is 5.91 Å². The Morgan fingerprint density at radius 1 is 1.54 bits per heavy atom. The number of hydrogen-bond donors (Lipinski definition) is 0. The predicted molar refractivity (Wildman–Crippen MR) is 54.4 cm³/mol. The van der Waals surface area contributed by atoms with Crippen LogP contribution < -0.4 is 0 Å². The quantitative estimate of drug-likeness (QED) is 0.598. The van der Waals surface area contributed by atoms with E-state index in [0.29, 0.717) is 5.41 Å². The van der Waals surface area contributed by atoms with Crippen molar-refractivity contribution in [2.45, 2.75) is 34.1 Å². The molecule has 1 heterocycles. The number of amides is 1. The summed E-state index contributed by atoms with van der Waals surface area (Å²) in [5, 5.41) is 0. The first-order valence-electron chi connectivity index (χ1n) is 4.94. The van der Waals surface area contributed by atoms with Gasteiger partial charge in [0.15, 0.2) is 0 Å². The number of likely N-dealkylation sites (tertiary alicyclic amines) is 1. The van der Waals surface area contributed by atoms with Gasteiger partial charge >= 0.3 is 0 Å². The topological polar surface area (TPSA) is 20.3 Å². The zero-order chi connectivity index (χ0) is 10.1. The molecule has 0 aromatic carbocycles. The highest BCUT2D eigenvalue weighted by Gasteiger charge is 2.39. The fraction of sp³-hybridized carbons (Fsp3) is 0.727. The maximum Gasteiger partial charge on any atom is 0.249 e. The molecule has 1 fully saturated rings. The molecule has 1 amide bonds. The number of carbonyl (C=O) groups excluding carboxylic acids is 1. The molecule has 1 saturated heterocycles. The van der Waals surface area contributed by atoms with Crippen LogP contribution in [0.5, 0.6) is 0 Å². The molecular weight excluding hydrogens is 162 g/mol. The SMILES string of the molecule is C/C=C(\C)C(=O)N1CC(C)(CC)C1. The smallest absolute Gasteiger partial charge is 0.249 e. The van der Waals surface area contributed by atoms with Crippen LogP contribution in [0.1, 0.15) is 34.1 Å². The largest absolute Gasteiger partial charge is 0.338 e. The van der Waals surface area contributed by atoms with Crippen molar-refractivity contribution in [3.63, 3.8) is 0 Å². The Morgan fingerprint density at radius 2 is 2.08 bits per heavy atom. The van der Waals surface area contributed by atoms with E-state index in [0.717, 1.165) is 25.1 Å². The van der Waals surface area contributed by atoms with Gasteiger partial charge < -0.3 is 4.90 Å². The summed E-state index contributed by atoms with van der Waals surface area (Å²) in [4.78, 5) is 13.5. The maximum absolute atomic E-state index is 11.6. The molecule has 1 rings (SSSR count). The Labute approximate surface area is 80.6 Å². The lowest BCUT2D eigenvalue weighted by molar-refractivity contribution is -0.138. The summed E-state index contributed by atoms with van der Waals surface area (Å²) in [6, 6.07) is 0. The number of allylic oxidation sites excluding steroid dienone is 1. The van der Waals surface area contributed by atoms with Gasteiger partial charge in [0.05, 0.1) is 0 Å². The molecule has 13 heavy (non-hydrogen) atoms. The fourth-order valence-electron chi connectivity index (χ4n) is 1.62. The fourth-order valence-corrected chi connectivity index (χ4v) is 1.62. The summed E-state index contributed by atoms with van der Waals surface area (Å²) in [6.07, 6.45) is 3.04. The molecule has 2 nitrogen and oxygen atoms in total. The summed E-state index contributed by atoms with van der Waals surface area (Å²) in [7, 11) is 0. The lowest BCUT2D eigenvalue weighted by atomic mass is 9.79. The van der Waals surface area contributed by atoms with Gasteiger partial charge in [-0.25, -0.2) is 0 Å². The number of carbonyl (C=O) groups is 1. The summed E-state index contributed by atoms with van der Waals surface area (Å²) >= 11 is 0. The van der Waals surface area contributed by atoms with Crippen LogP contribution in [0.4, 0.5) is 0 Å². The second-order valence-electron chi connectivity index (χ2n) is 4.30. The van der Waals surface area contributed by atoms with E-state index in [-0.39, 0.29) is 5.91 Å². The van der Waals surface area contributed by atoms with E-state index < -0.39 is 0 Å². The lowest BCUT2D eigenvalue weighted by Gasteiger charge is -2.47. The first-order chi connectivity index (χ1) is 6.02. The highest BCUT2D eigenvalue weighted by atomic mass is 16.2. The van der Waals surface area contributed by atoms with Crippen LogP contribution in [0.3, 0.4) is 0 Å². The number of hydrogen-bond acceptors (Lipinski definition) is 1. The monoisotopic (exact) mass is 181 g/mol. The van der Waals surface area contributed by atoms with E-state index in [1.165, 1.54) is 0 Å². The zero-order valence-electron chi connectivity index (χ0n) is 9.05. The molecule has 0 aliphatic carbocycles. The molecular formula is C11H19NO. The molecule has 0 unspecified atom stereocenters. The average molecular weight is 181 g/mol. The van der Waals surface area contributed by atoms with Crippen molar-refractivity contribution in [3.8, 4) is 0 Å². The summed E-state index contributed by atoms with van der Waals surface area (Å²) in [5.74, 6) is 0.202. The Morgan fingerprint density at radius 3 is 2.46 bits per heavy atom. The third kappa shape index (κ3) is 1.93. The van der Waals surface area contributed by atoms with Gasteiger partial charge in [-0.2, -0.15) is 0 Å². The Balaban J connectivity index is 2.49. The highest BCUT2D eigenvalue weighted by Crippen LogP contribution is 2.33. The van der Waals surface area contributed by atoms with Crippen LogP contribution in [0, 0.1) is 5.41 Å². The summed E-state index contributed by atoms with van der Waals surface area (Å²) in [5.41, 5.74) is 1.24. The first kappa shape index (κ1) is 10.3. The molecule has 74 valence electrons. The molecule has 0 atom stereocenters. The van der Waals surface area contributed by atoms with Gasteiger partial charge in [-0.3, -0.25) is 4.79 Å². The Bertz CT molecular complexity index is 236. The third-order valence-corrected chi connectivity index (χ3v) is 3.06. The van der Waals surface area contributed by atoms with Crippen molar-refractivity contribution in [3.05, 3.63) is 11.6 Å². The molecule has 0 bridgehead atoms. The average Bonchev–Trinajstić information content (AvgIpc) is 2.10. The van der Waals surface area contributed by atoms with Crippen molar-refractivity contribution >= 4 is 5.91 Å². The number of nitrogens with zero attached hydrogens (tertiary/aromatic N) is 1. The second-order valence-corrected chi connectivity index (χ2v) is 4.30. The van der Waals surface area contributed by atoms with E-state index in [1.54, 1.807) is 0 Å². The molecule has 1 aliphatic rings. The Hall–Kier alpha value is -0.790. The maximum atomic E-state index is 11.6. The van der Waals surface area contributed by atoms with Crippen molar-refractivity contribution in [2.24, 2.45) is 5.41 Å². The van der Waals surface area contributed by atoms with Crippen LogP contribution in [0.25, 0.3) is 0 Å². The molecule has 1 aliphatic heterocycles. The molecule has 0 aromatic rings. The van der Waals surface area contributed by atoms with Gasteiger partial charge in [0.25, 0.3) is 0 Å². The van der Waals surface area contributed by atoms with Crippen LogP contribution in [-0.4, -0.2) is 23.9 Å². The third-order valence-electron chi connectivity index (χ3n) is 3.06. The highest BCUT2D eigenvalue weighted by molar-refractivity contribution is 5.93. The molecule has 0 N–H and O–H groups in total. The second kappa shape index (κ2) is 3.52. The molecule has 2 heteroatoms. The molecule has 0 saturated carbocycles. The summed E-state index contributed by atoms with van der Waals surface area (Å²) < 4.78 is 0.